The SMILES string of the molecule is Cn1nc(NCc2ccc(C(=O)O)s2)c2ncnc(C(=O)N[C@H]3CCc4cc(C(=O)O)ccc43)c21. The van der Waals surface area contributed by atoms with E-state index in [0.717, 1.165) is 16.0 Å². The molecule has 4 aromatic rings. The van der Waals surface area contributed by atoms with E-state index in [1.807, 2.05) is 0 Å². The summed E-state index contributed by atoms with van der Waals surface area (Å²) in [5.41, 5.74) is 3.15. The van der Waals surface area contributed by atoms with Crippen molar-refractivity contribution in [2.75, 3.05) is 5.32 Å². The maximum Gasteiger partial charge on any atom is 0.345 e. The summed E-state index contributed by atoms with van der Waals surface area (Å²) in [6.07, 6.45) is 2.64. The molecule has 1 aliphatic rings. The molecule has 0 saturated heterocycles. The molecule has 1 amide bonds. The molecular weight excluding hydrogens is 472 g/mol. The van der Waals surface area contributed by atoms with Crippen LogP contribution in [0.3, 0.4) is 0 Å². The molecule has 12 heteroatoms. The monoisotopic (exact) mass is 492 g/mol. The van der Waals surface area contributed by atoms with E-state index in [1.54, 1.807) is 37.4 Å². The Morgan fingerprint density at radius 1 is 1.14 bits per heavy atom. The zero-order chi connectivity index (χ0) is 24.7. The minimum atomic E-state index is -0.981. The van der Waals surface area contributed by atoms with Crippen molar-refractivity contribution in [3.05, 3.63) is 68.8 Å². The lowest BCUT2D eigenvalue weighted by Gasteiger charge is -2.14. The molecule has 0 radical (unpaired) electrons. The van der Waals surface area contributed by atoms with E-state index in [0.29, 0.717) is 36.2 Å². The molecule has 3 aromatic heterocycles. The van der Waals surface area contributed by atoms with Gasteiger partial charge in [-0.1, -0.05) is 6.07 Å². The van der Waals surface area contributed by atoms with E-state index in [4.69, 9.17) is 5.11 Å². The minimum Gasteiger partial charge on any atom is -0.478 e. The van der Waals surface area contributed by atoms with Gasteiger partial charge in [0.05, 0.1) is 18.2 Å². The quantitative estimate of drug-likeness (QED) is 0.304. The number of aromatic nitrogens is 4. The number of nitrogens with zero attached hydrogens (tertiary/aromatic N) is 4. The molecule has 1 atom stereocenters. The zero-order valence-electron chi connectivity index (χ0n) is 18.5. The van der Waals surface area contributed by atoms with Crippen molar-refractivity contribution >= 4 is 46.0 Å². The molecule has 11 nitrogen and oxygen atoms in total. The van der Waals surface area contributed by atoms with E-state index in [9.17, 15) is 19.5 Å². The molecule has 0 unspecified atom stereocenters. The lowest BCUT2D eigenvalue weighted by Crippen LogP contribution is -2.28. The van der Waals surface area contributed by atoms with E-state index in [-0.39, 0.29) is 28.1 Å². The second-order valence-corrected chi connectivity index (χ2v) is 9.27. The topological polar surface area (TPSA) is 159 Å². The van der Waals surface area contributed by atoms with E-state index in [2.05, 4.69) is 25.7 Å². The maximum atomic E-state index is 13.2. The Hall–Kier alpha value is -4.32. The molecule has 1 aliphatic carbocycles. The first-order valence-corrected chi connectivity index (χ1v) is 11.5. The fourth-order valence-electron chi connectivity index (χ4n) is 4.28. The third kappa shape index (κ3) is 4.19. The number of hydrogen-bond donors (Lipinski definition) is 4. The Morgan fingerprint density at radius 2 is 1.97 bits per heavy atom. The van der Waals surface area contributed by atoms with Gasteiger partial charge in [-0.2, -0.15) is 5.10 Å². The number of amides is 1. The van der Waals surface area contributed by atoms with Crippen molar-refractivity contribution in [2.45, 2.75) is 25.4 Å². The average Bonchev–Trinajstić information content (AvgIpc) is 3.55. The number of nitrogens with one attached hydrogen (secondary N) is 2. The number of carboxylic acid groups (broad SMARTS) is 2. The number of carbonyl (C=O) groups is 3. The average molecular weight is 493 g/mol. The lowest BCUT2D eigenvalue weighted by atomic mass is 10.0. The Bertz CT molecular complexity index is 1490. The number of rotatable bonds is 7. The maximum absolute atomic E-state index is 13.2. The van der Waals surface area contributed by atoms with Crippen molar-refractivity contribution in [3.63, 3.8) is 0 Å². The molecule has 0 spiro atoms. The van der Waals surface area contributed by atoms with E-state index < -0.39 is 11.9 Å². The molecule has 178 valence electrons. The summed E-state index contributed by atoms with van der Waals surface area (Å²) in [5, 5.41) is 28.9. The van der Waals surface area contributed by atoms with Crippen LogP contribution in [0.2, 0.25) is 0 Å². The van der Waals surface area contributed by atoms with Crippen LogP contribution >= 0.6 is 11.3 Å². The van der Waals surface area contributed by atoms with Crippen LogP contribution in [-0.4, -0.2) is 47.8 Å². The molecule has 0 saturated carbocycles. The Morgan fingerprint density at radius 3 is 2.71 bits per heavy atom. The Balaban J connectivity index is 1.37. The van der Waals surface area contributed by atoms with Gasteiger partial charge in [-0.25, -0.2) is 19.6 Å². The number of aromatic carboxylic acids is 2. The van der Waals surface area contributed by atoms with Gasteiger partial charge in [0, 0.05) is 11.9 Å². The number of aryl methyl sites for hydroxylation is 2. The highest BCUT2D eigenvalue weighted by Gasteiger charge is 2.27. The first kappa shape index (κ1) is 22.5. The van der Waals surface area contributed by atoms with Gasteiger partial charge >= 0.3 is 11.9 Å². The van der Waals surface area contributed by atoms with Gasteiger partial charge in [0.15, 0.2) is 11.5 Å². The largest absolute Gasteiger partial charge is 0.478 e. The molecule has 0 fully saturated rings. The van der Waals surface area contributed by atoms with Crippen molar-refractivity contribution in [1.82, 2.24) is 25.1 Å². The standard InChI is InChI=1S/C23H20N6O5S/c1-29-19-17(20(28-29)24-9-13-4-7-16(35-13)23(33)34)25-10-26-18(19)21(30)27-15-6-3-11-8-12(22(31)32)2-5-14(11)15/h2,4-5,7-8,10,15H,3,6,9H2,1H3,(H,24,28)(H,27,30)(H,31,32)(H,33,34)/t15-/m0/s1. The van der Waals surface area contributed by atoms with Gasteiger partial charge in [0.25, 0.3) is 5.91 Å². The molecule has 5 rings (SSSR count). The number of fused-ring (bicyclic) bond motifs is 2. The van der Waals surface area contributed by atoms with Crippen molar-refractivity contribution in [2.24, 2.45) is 7.05 Å². The van der Waals surface area contributed by atoms with E-state index >= 15 is 0 Å². The van der Waals surface area contributed by atoms with Crippen LogP contribution in [0.15, 0.2) is 36.7 Å². The molecule has 4 N–H and O–H groups in total. The van der Waals surface area contributed by atoms with Crippen molar-refractivity contribution in [1.29, 1.82) is 0 Å². The molecule has 0 aliphatic heterocycles. The fraction of sp³-hybridized carbons (Fsp3) is 0.217. The van der Waals surface area contributed by atoms with Crippen LogP contribution in [0.4, 0.5) is 5.82 Å². The summed E-state index contributed by atoms with van der Waals surface area (Å²) in [6.45, 7) is 0.354. The smallest absolute Gasteiger partial charge is 0.345 e. The molecule has 3 heterocycles. The second kappa shape index (κ2) is 8.80. The molecule has 0 bridgehead atoms. The van der Waals surface area contributed by atoms with Gasteiger partial charge < -0.3 is 20.8 Å². The van der Waals surface area contributed by atoms with Crippen LogP contribution in [0.5, 0.6) is 0 Å². The number of thiophene rings is 1. The summed E-state index contributed by atoms with van der Waals surface area (Å²) in [4.78, 5) is 45.1. The third-order valence-electron chi connectivity index (χ3n) is 5.91. The summed E-state index contributed by atoms with van der Waals surface area (Å²) >= 11 is 1.17. The summed E-state index contributed by atoms with van der Waals surface area (Å²) < 4.78 is 1.53. The predicted molar refractivity (Wildman–Crippen MR) is 127 cm³/mol. The molecular formula is C23H20N6O5S. The van der Waals surface area contributed by atoms with E-state index in [1.165, 1.54) is 22.3 Å². The fourth-order valence-corrected chi connectivity index (χ4v) is 5.06. The van der Waals surface area contributed by atoms with Gasteiger partial charge in [-0.15, -0.1) is 11.3 Å². The predicted octanol–water partition coefficient (Wildman–Crippen LogP) is 2.85. The number of benzene rings is 1. The number of carboxylic acids is 2. The van der Waals surface area contributed by atoms with Gasteiger partial charge in [0.1, 0.15) is 22.2 Å². The number of hydrogen-bond acceptors (Lipinski definition) is 8. The summed E-state index contributed by atoms with van der Waals surface area (Å²) in [7, 11) is 1.69. The van der Waals surface area contributed by atoms with Crippen LogP contribution in [-0.2, 0) is 20.0 Å². The second-order valence-electron chi connectivity index (χ2n) is 8.10. The normalized spacial score (nSPS) is 14.6. The van der Waals surface area contributed by atoms with Crippen LogP contribution in [0.1, 0.15) is 59.0 Å². The highest BCUT2D eigenvalue weighted by Crippen LogP contribution is 2.32. The number of anilines is 1. The van der Waals surface area contributed by atoms with Crippen LogP contribution < -0.4 is 10.6 Å². The minimum absolute atomic E-state index is 0.179. The first-order chi connectivity index (χ1) is 16.8. The van der Waals surface area contributed by atoms with Crippen LogP contribution in [0.25, 0.3) is 11.0 Å². The highest BCUT2D eigenvalue weighted by molar-refractivity contribution is 7.13. The van der Waals surface area contributed by atoms with Gasteiger partial charge in [0.2, 0.25) is 0 Å². The summed E-state index contributed by atoms with van der Waals surface area (Å²) in [6, 6.07) is 7.98. The third-order valence-corrected chi connectivity index (χ3v) is 6.98. The lowest BCUT2D eigenvalue weighted by molar-refractivity contribution is 0.0688. The van der Waals surface area contributed by atoms with Crippen LogP contribution in [0, 0.1) is 0 Å². The van der Waals surface area contributed by atoms with Crippen molar-refractivity contribution in [3.8, 4) is 0 Å². The van der Waals surface area contributed by atoms with Crippen molar-refractivity contribution < 1.29 is 24.6 Å². The molecule has 35 heavy (non-hydrogen) atoms. The Kier molecular flexibility index (Phi) is 5.65. The highest BCUT2D eigenvalue weighted by atomic mass is 32.1. The number of carbonyl (C=O) groups excluding carboxylic acids is 1. The summed E-state index contributed by atoms with van der Waals surface area (Å²) in [5.74, 6) is -1.88. The molecule has 1 aromatic carbocycles. The van der Waals surface area contributed by atoms with Gasteiger partial charge in [-0.3, -0.25) is 9.48 Å². The first-order valence-electron chi connectivity index (χ1n) is 10.7. The van der Waals surface area contributed by atoms with Gasteiger partial charge in [-0.05, 0) is 48.2 Å². The Labute approximate surface area is 202 Å². The zero-order valence-corrected chi connectivity index (χ0v) is 19.3.